The predicted octanol–water partition coefficient (Wildman–Crippen LogP) is 2.71. The average molecular weight is 446 g/mol. The number of benzene rings is 1. The Hall–Kier alpha value is -2.81. The summed E-state index contributed by atoms with van der Waals surface area (Å²) < 4.78 is 35.8. The van der Waals surface area contributed by atoms with Crippen molar-refractivity contribution in [3.05, 3.63) is 36.0 Å². The first-order valence-electron chi connectivity index (χ1n) is 10.4. The first-order valence-corrected chi connectivity index (χ1v) is 12.3. The zero-order valence-electron chi connectivity index (χ0n) is 18.0. The number of carbonyl (C=O) groups excluding carboxylic acids is 1. The van der Waals surface area contributed by atoms with Gasteiger partial charge in [-0.2, -0.15) is 0 Å². The fourth-order valence-corrected chi connectivity index (χ4v) is 4.98. The predicted molar refractivity (Wildman–Crippen MR) is 117 cm³/mol. The second-order valence-corrected chi connectivity index (χ2v) is 9.87. The molecular weight excluding hydrogens is 418 g/mol. The molecule has 3 heterocycles. The molecule has 166 valence electrons. The topological polar surface area (TPSA) is 89.0 Å². The Morgan fingerprint density at radius 3 is 2.81 bits per heavy atom. The third kappa shape index (κ3) is 4.46. The molecule has 1 fully saturated rings. The lowest BCUT2D eigenvalue weighted by Gasteiger charge is -2.32. The number of pyridine rings is 1. The van der Waals surface area contributed by atoms with Gasteiger partial charge in [0, 0.05) is 31.7 Å². The van der Waals surface area contributed by atoms with E-state index in [2.05, 4.69) is 9.88 Å². The van der Waals surface area contributed by atoms with Gasteiger partial charge >= 0.3 is 0 Å². The Morgan fingerprint density at radius 1 is 1.29 bits per heavy atom. The minimum Gasteiger partial charge on any atom is -0.490 e. The molecular formula is C22H27N3O5S. The second kappa shape index (κ2) is 8.37. The Balaban J connectivity index is 1.57. The Bertz CT molecular complexity index is 1100. The Kier molecular flexibility index (Phi) is 5.79. The molecule has 0 radical (unpaired) electrons. The average Bonchev–Trinajstić information content (AvgIpc) is 3.20. The van der Waals surface area contributed by atoms with E-state index < -0.39 is 9.84 Å². The summed E-state index contributed by atoms with van der Waals surface area (Å²) in [4.78, 5) is 20.0. The number of hydrogen-bond donors (Lipinski definition) is 0. The maximum absolute atomic E-state index is 11.9. The van der Waals surface area contributed by atoms with Crippen LogP contribution in [0, 0.1) is 6.92 Å². The molecule has 1 aromatic carbocycles. The Morgan fingerprint density at radius 2 is 2.10 bits per heavy atom. The van der Waals surface area contributed by atoms with Crippen molar-refractivity contribution < 1.29 is 22.7 Å². The van der Waals surface area contributed by atoms with Crippen molar-refractivity contribution in [1.82, 2.24) is 9.88 Å². The van der Waals surface area contributed by atoms with Gasteiger partial charge < -0.3 is 19.3 Å². The maximum atomic E-state index is 11.9. The molecule has 0 bridgehead atoms. The van der Waals surface area contributed by atoms with Gasteiger partial charge in [-0.05, 0) is 30.7 Å². The quantitative estimate of drug-likeness (QED) is 0.699. The summed E-state index contributed by atoms with van der Waals surface area (Å²) in [5.74, 6) is 1.59. The van der Waals surface area contributed by atoms with E-state index in [4.69, 9.17) is 9.47 Å². The van der Waals surface area contributed by atoms with Crippen LogP contribution in [-0.2, 0) is 14.6 Å². The highest BCUT2D eigenvalue weighted by molar-refractivity contribution is 7.90. The van der Waals surface area contributed by atoms with Gasteiger partial charge in [-0.25, -0.2) is 13.4 Å². The highest BCUT2D eigenvalue weighted by atomic mass is 32.2. The third-order valence-electron chi connectivity index (χ3n) is 5.58. The van der Waals surface area contributed by atoms with Crippen LogP contribution in [0.15, 0.2) is 35.5 Å². The number of aromatic nitrogens is 1. The van der Waals surface area contributed by atoms with E-state index in [0.29, 0.717) is 37.4 Å². The number of anilines is 2. The maximum Gasteiger partial charge on any atom is 0.222 e. The van der Waals surface area contributed by atoms with E-state index in [1.807, 2.05) is 36.1 Å². The molecule has 1 saturated heterocycles. The number of rotatable bonds is 5. The number of carbonyl (C=O) groups is 1. The molecule has 0 N–H and O–H groups in total. The summed E-state index contributed by atoms with van der Waals surface area (Å²) in [6.45, 7) is 6.05. The van der Waals surface area contributed by atoms with E-state index in [1.165, 1.54) is 0 Å². The molecule has 8 nitrogen and oxygen atoms in total. The number of hydrogen-bond acceptors (Lipinski definition) is 7. The van der Waals surface area contributed by atoms with Crippen molar-refractivity contribution >= 4 is 27.1 Å². The molecule has 0 unspecified atom stereocenters. The van der Waals surface area contributed by atoms with Crippen LogP contribution >= 0.6 is 0 Å². The van der Waals surface area contributed by atoms with Crippen LogP contribution in [0.3, 0.4) is 0 Å². The van der Waals surface area contributed by atoms with Crippen LogP contribution in [0.2, 0.25) is 0 Å². The van der Waals surface area contributed by atoms with Gasteiger partial charge in [-0.1, -0.05) is 6.92 Å². The standard InChI is InChI=1S/C22H27N3O5S/c1-4-21(26)24-8-7-18(14-24)30-17-5-6-20-19(12-17)25(9-10-29-20)16-11-15(2)22(23-13-16)31(3,27)28/h5-6,11-13,18H,4,7-10,14H2,1-3H3/t18-/m0/s1. The monoisotopic (exact) mass is 445 g/mol. The smallest absolute Gasteiger partial charge is 0.222 e. The molecule has 31 heavy (non-hydrogen) atoms. The van der Waals surface area contributed by atoms with Crippen LogP contribution in [0.1, 0.15) is 25.3 Å². The fourth-order valence-electron chi connectivity index (χ4n) is 4.09. The van der Waals surface area contributed by atoms with E-state index in [1.54, 1.807) is 13.1 Å². The van der Waals surface area contributed by atoms with Crippen molar-refractivity contribution in [1.29, 1.82) is 0 Å². The lowest BCUT2D eigenvalue weighted by molar-refractivity contribution is -0.130. The zero-order chi connectivity index (χ0) is 22.2. The van der Waals surface area contributed by atoms with Crippen LogP contribution < -0.4 is 14.4 Å². The molecule has 2 aromatic rings. The molecule has 2 aliphatic heterocycles. The van der Waals surface area contributed by atoms with Gasteiger partial charge in [0.25, 0.3) is 0 Å². The van der Waals surface area contributed by atoms with Crippen LogP contribution in [0.5, 0.6) is 11.5 Å². The van der Waals surface area contributed by atoms with Gasteiger partial charge in [0.15, 0.2) is 14.9 Å². The highest BCUT2D eigenvalue weighted by Crippen LogP contribution is 2.39. The third-order valence-corrected chi connectivity index (χ3v) is 6.71. The normalized spacial score (nSPS) is 18.5. The van der Waals surface area contributed by atoms with Crippen molar-refractivity contribution in [3.63, 3.8) is 0 Å². The lowest BCUT2D eigenvalue weighted by Crippen LogP contribution is -2.30. The molecule has 2 aliphatic rings. The minimum absolute atomic E-state index is 0.0375. The number of amides is 1. The number of sulfone groups is 1. The molecule has 4 rings (SSSR count). The highest BCUT2D eigenvalue weighted by Gasteiger charge is 2.28. The van der Waals surface area contributed by atoms with Gasteiger partial charge in [-0.3, -0.25) is 4.79 Å². The number of fused-ring (bicyclic) bond motifs is 1. The molecule has 0 aliphatic carbocycles. The van der Waals surface area contributed by atoms with E-state index in [0.717, 1.165) is 36.3 Å². The summed E-state index contributed by atoms with van der Waals surface area (Å²) in [5, 5.41) is 0.0919. The van der Waals surface area contributed by atoms with Gasteiger partial charge in [0.05, 0.1) is 30.7 Å². The van der Waals surface area contributed by atoms with Crippen molar-refractivity contribution in [2.75, 3.05) is 37.4 Å². The molecule has 0 saturated carbocycles. The summed E-state index contributed by atoms with van der Waals surface area (Å²) in [5.41, 5.74) is 2.25. The van der Waals surface area contributed by atoms with Gasteiger partial charge in [0.2, 0.25) is 5.91 Å². The summed E-state index contributed by atoms with van der Waals surface area (Å²) in [6, 6.07) is 7.52. The van der Waals surface area contributed by atoms with Crippen molar-refractivity contribution in [2.24, 2.45) is 0 Å². The van der Waals surface area contributed by atoms with Crippen LogP contribution in [-0.4, -0.2) is 62.8 Å². The largest absolute Gasteiger partial charge is 0.490 e. The second-order valence-electron chi connectivity index (χ2n) is 7.94. The van der Waals surface area contributed by atoms with E-state index in [9.17, 15) is 13.2 Å². The number of likely N-dealkylation sites (tertiary alicyclic amines) is 1. The minimum atomic E-state index is -3.38. The summed E-state index contributed by atoms with van der Waals surface area (Å²) >= 11 is 0. The number of ether oxygens (including phenoxy) is 2. The lowest BCUT2D eigenvalue weighted by atomic mass is 10.2. The molecule has 1 atom stereocenters. The van der Waals surface area contributed by atoms with Crippen molar-refractivity contribution in [3.8, 4) is 11.5 Å². The molecule has 0 spiro atoms. The van der Waals surface area contributed by atoms with Gasteiger partial charge in [-0.15, -0.1) is 0 Å². The number of nitrogens with zero attached hydrogens (tertiary/aromatic N) is 3. The SMILES string of the molecule is CCC(=O)N1CC[C@H](Oc2ccc3c(c2)N(c2cnc(S(C)(=O)=O)c(C)c2)CCO3)C1. The summed E-state index contributed by atoms with van der Waals surface area (Å²) in [6.07, 6.45) is 4.01. The van der Waals surface area contributed by atoms with Crippen LogP contribution in [0.4, 0.5) is 11.4 Å². The first-order chi connectivity index (χ1) is 14.8. The Labute approximate surface area is 182 Å². The van der Waals surface area contributed by atoms with Crippen LogP contribution in [0.25, 0.3) is 0 Å². The molecule has 1 amide bonds. The summed E-state index contributed by atoms with van der Waals surface area (Å²) in [7, 11) is -3.38. The first kappa shape index (κ1) is 21.4. The van der Waals surface area contributed by atoms with Crippen molar-refractivity contribution in [2.45, 2.75) is 37.8 Å². The fraction of sp³-hybridized carbons (Fsp3) is 0.455. The number of aryl methyl sites for hydroxylation is 1. The zero-order valence-corrected chi connectivity index (χ0v) is 18.8. The molecule has 9 heteroatoms. The van der Waals surface area contributed by atoms with Gasteiger partial charge in [0.1, 0.15) is 24.2 Å². The van der Waals surface area contributed by atoms with E-state index >= 15 is 0 Å². The molecule has 1 aromatic heterocycles. The van der Waals surface area contributed by atoms with E-state index in [-0.39, 0.29) is 17.0 Å².